The van der Waals surface area contributed by atoms with Gasteiger partial charge >= 0.3 is 6.03 Å². The Kier molecular flexibility index (Phi) is 5.38. The average molecular weight is 292 g/mol. The molecule has 0 aliphatic heterocycles. The minimum Gasteiger partial charge on any atom is -0.391 e. The fraction of sp³-hybridized carbons (Fsp3) is 0.600. The van der Waals surface area contributed by atoms with E-state index in [4.69, 9.17) is 0 Å². The number of aromatic nitrogens is 1. The number of anilines is 1. The molecule has 1 aromatic rings. The monoisotopic (exact) mass is 292 g/mol. The standard InChI is InChI=1S/C15H24N4O2/c1-19(2)14-9-11(7-8-16-14)10-17-15(21)18-12-5-3-4-6-13(12)20/h7-9,12-13,20H,3-6,10H2,1-2H3,(H2,17,18,21). The number of rotatable bonds is 4. The van der Waals surface area contributed by atoms with Crippen molar-refractivity contribution in [1.29, 1.82) is 0 Å². The lowest BCUT2D eigenvalue weighted by Crippen LogP contribution is -2.48. The number of pyridine rings is 1. The molecule has 0 spiro atoms. The Morgan fingerprint density at radius 3 is 2.90 bits per heavy atom. The van der Waals surface area contributed by atoms with Gasteiger partial charge in [0.15, 0.2) is 0 Å². The number of hydrogen-bond donors (Lipinski definition) is 3. The van der Waals surface area contributed by atoms with Crippen LogP contribution in [0.3, 0.4) is 0 Å². The number of urea groups is 1. The molecule has 2 atom stereocenters. The van der Waals surface area contributed by atoms with Crippen LogP contribution in [-0.4, -0.2) is 42.4 Å². The topological polar surface area (TPSA) is 77.5 Å². The molecule has 6 nitrogen and oxygen atoms in total. The third-order valence-corrected chi connectivity index (χ3v) is 3.77. The number of carbonyl (C=O) groups is 1. The molecule has 2 amide bonds. The summed E-state index contributed by atoms with van der Waals surface area (Å²) in [6.45, 7) is 0.442. The van der Waals surface area contributed by atoms with Crippen LogP contribution >= 0.6 is 0 Å². The number of nitrogens with one attached hydrogen (secondary N) is 2. The molecule has 0 bridgehead atoms. The van der Waals surface area contributed by atoms with Crippen molar-refractivity contribution in [2.24, 2.45) is 0 Å². The van der Waals surface area contributed by atoms with Crippen molar-refractivity contribution in [2.75, 3.05) is 19.0 Å². The van der Waals surface area contributed by atoms with E-state index in [1.165, 1.54) is 0 Å². The van der Waals surface area contributed by atoms with Crippen LogP contribution in [0, 0.1) is 0 Å². The fourth-order valence-electron chi connectivity index (χ4n) is 2.50. The summed E-state index contributed by atoms with van der Waals surface area (Å²) in [5.41, 5.74) is 0.994. The zero-order chi connectivity index (χ0) is 15.2. The zero-order valence-corrected chi connectivity index (χ0v) is 12.7. The Morgan fingerprint density at radius 2 is 2.19 bits per heavy atom. The molecule has 116 valence electrons. The van der Waals surface area contributed by atoms with Gasteiger partial charge in [-0.25, -0.2) is 9.78 Å². The summed E-state index contributed by atoms with van der Waals surface area (Å²) in [6, 6.07) is 3.45. The van der Waals surface area contributed by atoms with Crippen LogP contribution in [0.15, 0.2) is 18.3 Å². The molecule has 1 aromatic heterocycles. The van der Waals surface area contributed by atoms with Crippen molar-refractivity contribution < 1.29 is 9.90 Å². The van der Waals surface area contributed by atoms with Crippen LogP contribution < -0.4 is 15.5 Å². The first-order valence-electron chi connectivity index (χ1n) is 7.41. The Hall–Kier alpha value is -1.82. The highest BCUT2D eigenvalue weighted by molar-refractivity contribution is 5.74. The molecule has 1 aliphatic carbocycles. The zero-order valence-electron chi connectivity index (χ0n) is 12.7. The normalized spacial score (nSPS) is 21.7. The van der Waals surface area contributed by atoms with Gasteiger partial charge in [0.05, 0.1) is 12.1 Å². The van der Waals surface area contributed by atoms with E-state index in [9.17, 15) is 9.90 Å². The highest BCUT2D eigenvalue weighted by atomic mass is 16.3. The lowest BCUT2D eigenvalue weighted by Gasteiger charge is -2.28. The van der Waals surface area contributed by atoms with Gasteiger partial charge in [-0.1, -0.05) is 12.8 Å². The van der Waals surface area contributed by atoms with E-state index in [-0.39, 0.29) is 12.1 Å². The summed E-state index contributed by atoms with van der Waals surface area (Å²) in [6.07, 6.45) is 5.00. The van der Waals surface area contributed by atoms with Crippen LogP contribution in [0.1, 0.15) is 31.2 Å². The SMILES string of the molecule is CN(C)c1cc(CNC(=O)NC2CCCCC2O)ccn1. The average Bonchev–Trinajstić information content (AvgIpc) is 2.48. The van der Waals surface area contributed by atoms with Crippen molar-refractivity contribution in [3.05, 3.63) is 23.9 Å². The van der Waals surface area contributed by atoms with Gasteiger partial charge in [-0.3, -0.25) is 0 Å². The molecule has 0 aromatic carbocycles. The number of amides is 2. The molecule has 3 N–H and O–H groups in total. The van der Waals surface area contributed by atoms with Gasteiger partial charge in [0, 0.05) is 26.8 Å². The Balaban J connectivity index is 1.82. The van der Waals surface area contributed by atoms with E-state index < -0.39 is 6.10 Å². The van der Waals surface area contributed by atoms with Gasteiger partial charge in [0.25, 0.3) is 0 Å². The molecule has 1 aliphatic rings. The van der Waals surface area contributed by atoms with E-state index in [0.717, 1.165) is 37.1 Å². The minimum atomic E-state index is -0.425. The van der Waals surface area contributed by atoms with Crippen molar-refractivity contribution in [2.45, 2.75) is 44.4 Å². The second kappa shape index (κ2) is 7.26. The summed E-state index contributed by atoms with van der Waals surface area (Å²) in [5.74, 6) is 0.859. The third kappa shape index (κ3) is 4.60. The molecule has 2 unspecified atom stereocenters. The molecular formula is C15H24N4O2. The minimum absolute atomic E-state index is 0.131. The predicted octanol–water partition coefficient (Wildman–Crippen LogP) is 1.25. The quantitative estimate of drug-likeness (QED) is 0.780. The fourth-order valence-corrected chi connectivity index (χ4v) is 2.50. The first-order valence-corrected chi connectivity index (χ1v) is 7.41. The summed E-state index contributed by atoms with van der Waals surface area (Å²) >= 11 is 0. The van der Waals surface area contributed by atoms with Gasteiger partial charge in [0.2, 0.25) is 0 Å². The Labute approximate surface area is 125 Å². The van der Waals surface area contributed by atoms with Crippen LogP contribution in [0.25, 0.3) is 0 Å². The second-order valence-corrected chi connectivity index (χ2v) is 5.70. The maximum Gasteiger partial charge on any atom is 0.315 e. The van der Waals surface area contributed by atoms with Gasteiger partial charge in [-0.15, -0.1) is 0 Å². The molecule has 1 fully saturated rings. The molecule has 0 radical (unpaired) electrons. The first kappa shape index (κ1) is 15.6. The van der Waals surface area contributed by atoms with Crippen molar-refractivity contribution in [3.8, 4) is 0 Å². The van der Waals surface area contributed by atoms with Gasteiger partial charge in [-0.2, -0.15) is 0 Å². The first-order chi connectivity index (χ1) is 10.1. The Morgan fingerprint density at radius 1 is 1.43 bits per heavy atom. The maximum absolute atomic E-state index is 11.9. The van der Waals surface area contributed by atoms with Crippen molar-refractivity contribution in [3.63, 3.8) is 0 Å². The number of aliphatic hydroxyl groups excluding tert-OH is 1. The van der Waals surface area contributed by atoms with Crippen LogP contribution in [-0.2, 0) is 6.54 Å². The summed E-state index contributed by atoms with van der Waals surface area (Å²) in [7, 11) is 3.85. The molecule has 6 heteroatoms. The Bertz CT molecular complexity index is 478. The van der Waals surface area contributed by atoms with E-state index in [1.807, 2.05) is 31.1 Å². The number of carbonyl (C=O) groups excluding carboxylic acids is 1. The van der Waals surface area contributed by atoms with E-state index in [2.05, 4.69) is 15.6 Å². The van der Waals surface area contributed by atoms with Crippen molar-refractivity contribution >= 4 is 11.8 Å². The number of nitrogens with zero attached hydrogens (tertiary/aromatic N) is 2. The predicted molar refractivity (Wildman–Crippen MR) is 82.2 cm³/mol. The number of hydrogen-bond acceptors (Lipinski definition) is 4. The molecule has 1 saturated carbocycles. The smallest absolute Gasteiger partial charge is 0.315 e. The van der Waals surface area contributed by atoms with Crippen molar-refractivity contribution in [1.82, 2.24) is 15.6 Å². The van der Waals surface area contributed by atoms with Gasteiger partial charge < -0.3 is 20.6 Å². The lowest BCUT2D eigenvalue weighted by molar-refractivity contribution is 0.0943. The van der Waals surface area contributed by atoms with E-state index in [0.29, 0.717) is 6.54 Å². The van der Waals surface area contributed by atoms with Crippen LogP contribution in [0.5, 0.6) is 0 Å². The summed E-state index contributed by atoms with van der Waals surface area (Å²) < 4.78 is 0. The molecule has 0 saturated heterocycles. The highest BCUT2D eigenvalue weighted by Crippen LogP contribution is 2.18. The molecular weight excluding hydrogens is 268 g/mol. The molecule has 1 heterocycles. The lowest BCUT2D eigenvalue weighted by atomic mass is 9.93. The van der Waals surface area contributed by atoms with Crippen LogP contribution in [0.2, 0.25) is 0 Å². The van der Waals surface area contributed by atoms with Crippen LogP contribution in [0.4, 0.5) is 10.6 Å². The van der Waals surface area contributed by atoms with E-state index in [1.54, 1.807) is 6.20 Å². The summed E-state index contributed by atoms with van der Waals surface area (Å²) in [5, 5.41) is 15.5. The third-order valence-electron chi connectivity index (χ3n) is 3.77. The second-order valence-electron chi connectivity index (χ2n) is 5.70. The highest BCUT2D eigenvalue weighted by Gasteiger charge is 2.24. The van der Waals surface area contributed by atoms with E-state index >= 15 is 0 Å². The summed E-state index contributed by atoms with van der Waals surface area (Å²) in [4.78, 5) is 18.0. The molecule has 21 heavy (non-hydrogen) atoms. The molecule has 2 rings (SSSR count). The van der Waals surface area contributed by atoms with Gasteiger partial charge in [-0.05, 0) is 30.5 Å². The largest absolute Gasteiger partial charge is 0.391 e. The maximum atomic E-state index is 11.9. The number of aliphatic hydroxyl groups is 1. The van der Waals surface area contributed by atoms with Gasteiger partial charge in [0.1, 0.15) is 5.82 Å².